The fourth-order valence-electron chi connectivity index (χ4n) is 1.72. The maximum atomic E-state index is 10.8. The maximum Gasteiger partial charge on any atom is 0.342 e. The molecule has 0 atom stereocenters. The van der Waals surface area contributed by atoms with Crippen LogP contribution in [0.5, 0.6) is 11.5 Å². The topological polar surface area (TPSA) is 92.0 Å². The van der Waals surface area contributed by atoms with Crippen LogP contribution in [-0.4, -0.2) is 35.9 Å². The molecule has 1 aromatic carbocycles. The molecule has 7 nitrogen and oxygen atoms in total. The Labute approximate surface area is 110 Å². The van der Waals surface area contributed by atoms with Gasteiger partial charge in [-0.25, -0.2) is 9.89 Å². The molecule has 7 heteroatoms. The number of ether oxygens (including phenoxy) is 2. The monoisotopic (exact) mass is 264 g/mol. The molecule has 0 aliphatic carbocycles. The van der Waals surface area contributed by atoms with Crippen molar-refractivity contribution in [2.24, 2.45) is 0 Å². The van der Waals surface area contributed by atoms with Gasteiger partial charge in [0.2, 0.25) is 5.95 Å². The largest absolute Gasteiger partial charge is 0.493 e. The zero-order chi connectivity index (χ0) is 13.7. The van der Waals surface area contributed by atoms with Crippen molar-refractivity contribution in [3.05, 3.63) is 34.2 Å². The quantitative estimate of drug-likeness (QED) is 0.716. The molecule has 0 saturated heterocycles. The van der Waals surface area contributed by atoms with Crippen molar-refractivity contribution in [1.29, 1.82) is 0 Å². The number of aromatic nitrogens is 3. The Bertz CT molecular complexity index is 591. The van der Waals surface area contributed by atoms with Crippen LogP contribution in [0.25, 0.3) is 0 Å². The van der Waals surface area contributed by atoms with E-state index in [1.54, 1.807) is 14.2 Å². The Hall–Kier alpha value is -2.44. The van der Waals surface area contributed by atoms with Crippen LogP contribution >= 0.6 is 0 Å². The van der Waals surface area contributed by atoms with Crippen molar-refractivity contribution in [3.8, 4) is 11.5 Å². The van der Waals surface area contributed by atoms with E-state index in [4.69, 9.17) is 9.47 Å². The third kappa shape index (κ3) is 3.27. The Balaban J connectivity index is 1.94. The summed E-state index contributed by atoms with van der Waals surface area (Å²) in [5.74, 6) is 1.84. The molecule has 3 N–H and O–H groups in total. The number of nitrogens with one attached hydrogen (secondary N) is 3. The maximum absolute atomic E-state index is 10.8. The van der Waals surface area contributed by atoms with Crippen LogP contribution in [0.3, 0.4) is 0 Å². The number of anilines is 1. The SMILES string of the molecule is COc1ccc(CCNc2n[nH]c(=O)[nH]2)cc1OC. The van der Waals surface area contributed by atoms with Crippen molar-refractivity contribution in [3.63, 3.8) is 0 Å². The van der Waals surface area contributed by atoms with Gasteiger partial charge in [0.1, 0.15) is 0 Å². The van der Waals surface area contributed by atoms with Gasteiger partial charge in [-0.15, -0.1) is 5.10 Å². The molecule has 1 aromatic heterocycles. The van der Waals surface area contributed by atoms with Crippen LogP contribution < -0.4 is 20.5 Å². The Morgan fingerprint density at radius 1 is 1.26 bits per heavy atom. The lowest BCUT2D eigenvalue weighted by molar-refractivity contribution is 0.354. The minimum Gasteiger partial charge on any atom is -0.493 e. The normalized spacial score (nSPS) is 10.2. The van der Waals surface area contributed by atoms with E-state index < -0.39 is 0 Å². The summed E-state index contributed by atoms with van der Waals surface area (Å²) in [6.07, 6.45) is 0.773. The molecule has 2 aromatic rings. The number of methoxy groups -OCH3 is 2. The Kier molecular flexibility index (Phi) is 4.07. The van der Waals surface area contributed by atoms with Gasteiger partial charge in [0.05, 0.1) is 14.2 Å². The summed E-state index contributed by atoms with van der Waals surface area (Å²) < 4.78 is 10.4. The number of H-pyrrole nitrogens is 2. The highest BCUT2D eigenvalue weighted by molar-refractivity contribution is 5.43. The number of rotatable bonds is 6. The average Bonchev–Trinajstić information content (AvgIpc) is 2.84. The third-order valence-corrected chi connectivity index (χ3v) is 2.66. The van der Waals surface area contributed by atoms with Gasteiger partial charge < -0.3 is 14.8 Å². The first-order valence-electron chi connectivity index (χ1n) is 5.82. The van der Waals surface area contributed by atoms with Crippen molar-refractivity contribution in [1.82, 2.24) is 15.2 Å². The molecular weight excluding hydrogens is 248 g/mol. The lowest BCUT2D eigenvalue weighted by Gasteiger charge is -2.09. The molecule has 0 fully saturated rings. The lowest BCUT2D eigenvalue weighted by Crippen LogP contribution is -2.07. The van der Waals surface area contributed by atoms with E-state index in [9.17, 15) is 4.79 Å². The first kappa shape index (κ1) is 13.0. The lowest BCUT2D eigenvalue weighted by atomic mass is 10.1. The van der Waals surface area contributed by atoms with Gasteiger partial charge in [-0.05, 0) is 24.1 Å². The third-order valence-electron chi connectivity index (χ3n) is 2.66. The molecule has 0 amide bonds. The van der Waals surface area contributed by atoms with E-state index in [1.807, 2.05) is 18.2 Å². The van der Waals surface area contributed by atoms with E-state index in [0.717, 1.165) is 12.0 Å². The van der Waals surface area contributed by atoms with Gasteiger partial charge >= 0.3 is 5.69 Å². The molecule has 19 heavy (non-hydrogen) atoms. The summed E-state index contributed by atoms with van der Waals surface area (Å²) >= 11 is 0. The first-order chi connectivity index (χ1) is 9.22. The molecule has 0 spiro atoms. The van der Waals surface area contributed by atoms with Crippen LogP contribution in [0.2, 0.25) is 0 Å². The standard InChI is InChI=1S/C12H16N4O3/c1-18-9-4-3-8(7-10(9)19-2)5-6-13-11-14-12(17)16-15-11/h3-4,7H,5-6H2,1-2H3,(H3,13,14,15,16,17). The van der Waals surface area contributed by atoms with Gasteiger partial charge in [-0.2, -0.15) is 0 Å². The average molecular weight is 264 g/mol. The molecule has 0 aliphatic heterocycles. The molecule has 1 heterocycles. The molecule has 102 valence electrons. The highest BCUT2D eigenvalue weighted by Gasteiger charge is 2.04. The van der Waals surface area contributed by atoms with E-state index in [2.05, 4.69) is 20.5 Å². The van der Waals surface area contributed by atoms with E-state index >= 15 is 0 Å². The highest BCUT2D eigenvalue weighted by atomic mass is 16.5. The van der Waals surface area contributed by atoms with Gasteiger partial charge in [0, 0.05) is 6.54 Å². The Morgan fingerprint density at radius 2 is 2.05 bits per heavy atom. The minimum atomic E-state index is -0.325. The predicted octanol–water partition coefficient (Wildman–Crippen LogP) is 0.770. The highest BCUT2D eigenvalue weighted by Crippen LogP contribution is 2.27. The van der Waals surface area contributed by atoms with Crippen LogP contribution in [0.15, 0.2) is 23.0 Å². The van der Waals surface area contributed by atoms with Crippen molar-refractivity contribution >= 4 is 5.95 Å². The summed E-state index contributed by atoms with van der Waals surface area (Å²) in [7, 11) is 3.21. The number of nitrogens with zero attached hydrogens (tertiary/aromatic N) is 1. The summed E-state index contributed by atoms with van der Waals surface area (Å²) in [5.41, 5.74) is 0.775. The molecule has 0 unspecified atom stereocenters. The van der Waals surface area contributed by atoms with E-state index in [-0.39, 0.29) is 5.69 Å². The van der Waals surface area contributed by atoms with Gasteiger partial charge in [0.25, 0.3) is 0 Å². The van der Waals surface area contributed by atoms with Gasteiger partial charge in [-0.1, -0.05) is 6.07 Å². The zero-order valence-electron chi connectivity index (χ0n) is 10.8. The molecule has 2 rings (SSSR count). The van der Waals surface area contributed by atoms with Crippen LogP contribution in [0, 0.1) is 0 Å². The van der Waals surface area contributed by atoms with Crippen LogP contribution in [0.4, 0.5) is 5.95 Å². The number of benzene rings is 1. The van der Waals surface area contributed by atoms with Crippen LogP contribution in [0.1, 0.15) is 5.56 Å². The minimum absolute atomic E-state index is 0.325. The summed E-state index contributed by atoms with van der Waals surface area (Å²) in [6.45, 7) is 0.649. The Morgan fingerprint density at radius 3 is 2.68 bits per heavy atom. The predicted molar refractivity (Wildman–Crippen MR) is 70.9 cm³/mol. The second-order valence-electron chi connectivity index (χ2n) is 3.89. The van der Waals surface area contributed by atoms with Crippen molar-refractivity contribution in [2.75, 3.05) is 26.1 Å². The van der Waals surface area contributed by atoms with E-state index in [1.165, 1.54) is 0 Å². The number of hydrogen-bond acceptors (Lipinski definition) is 5. The fraction of sp³-hybridized carbons (Fsp3) is 0.333. The van der Waals surface area contributed by atoms with Gasteiger partial charge in [-0.3, -0.25) is 4.98 Å². The zero-order valence-corrected chi connectivity index (χ0v) is 10.8. The molecular formula is C12H16N4O3. The van der Waals surface area contributed by atoms with Crippen LogP contribution in [-0.2, 0) is 6.42 Å². The molecule has 0 saturated carbocycles. The summed E-state index contributed by atoms with van der Waals surface area (Å²) in [4.78, 5) is 13.4. The second kappa shape index (κ2) is 5.94. The van der Waals surface area contributed by atoms with Crippen molar-refractivity contribution in [2.45, 2.75) is 6.42 Å². The molecule has 0 radical (unpaired) electrons. The van der Waals surface area contributed by atoms with Gasteiger partial charge in [0.15, 0.2) is 11.5 Å². The molecule has 0 aliphatic rings. The second-order valence-corrected chi connectivity index (χ2v) is 3.89. The smallest absolute Gasteiger partial charge is 0.342 e. The molecule has 0 bridgehead atoms. The summed E-state index contributed by atoms with van der Waals surface area (Å²) in [5, 5.41) is 9.06. The van der Waals surface area contributed by atoms with Crippen molar-refractivity contribution < 1.29 is 9.47 Å². The first-order valence-corrected chi connectivity index (χ1v) is 5.82. The number of hydrogen-bond donors (Lipinski definition) is 3. The summed E-state index contributed by atoms with van der Waals surface area (Å²) in [6, 6.07) is 5.76. The fourth-order valence-corrected chi connectivity index (χ4v) is 1.72. The van der Waals surface area contributed by atoms with E-state index in [0.29, 0.717) is 24.0 Å². The number of aromatic amines is 2.